The molecule has 1 aliphatic rings. The minimum atomic E-state index is 0.802. The summed E-state index contributed by atoms with van der Waals surface area (Å²) in [5.41, 5.74) is 1.28. The standard InChI is InChI=1S/C17H27NO2S/c1-19-15-10-14(17(21-3)11-16(15)20-2)12-18-9-8-13-6-4-5-7-13/h10-11,13,18H,4-9,12H2,1-3H3. The van der Waals surface area contributed by atoms with Crippen LogP contribution >= 0.6 is 11.8 Å². The van der Waals surface area contributed by atoms with Crippen LogP contribution in [0.15, 0.2) is 17.0 Å². The van der Waals surface area contributed by atoms with E-state index in [1.807, 2.05) is 0 Å². The van der Waals surface area contributed by atoms with Crippen molar-refractivity contribution in [3.63, 3.8) is 0 Å². The van der Waals surface area contributed by atoms with Crippen molar-refractivity contribution < 1.29 is 9.47 Å². The van der Waals surface area contributed by atoms with Gasteiger partial charge in [-0.2, -0.15) is 0 Å². The summed E-state index contributed by atoms with van der Waals surface area (Å²) >= 11 is 1.75. The summed E-state index contributed by atoms with van der Waals surface area (Å²) in [5, 5.41) is 3.58. The normalized spacial score (nSPS) is 15.4. The number of methoxy groups -OCH3 is 2. The van der Waals surface area contributed by atoms with Gasteiger partial charge in [0.1, 0.15) is 0 Å². The average molecular weight is 309 g/mol. The molecule has 1 aromatic rings. The Hall–Kier alpha value is -0.870. The predicted octanol–water partition coefficient (Wildman–Crippen LogP) is 4.10. The lowest BCUT2D eigenvalue weighted by Crippen LogP contribution is -2.17. The smallest absolute Gasteiger partial charge is 0.161 e. The third-order valence-electron chi connectivity index (χ3n) is 4.31. The van der Waals surface area contributed by atoms with Crippen LogP contribution in [0.25, 0.3) is 0 Å². The van der Waals surface area contributed by atoms with Crippen LogP contribution in [0.1, 0.15) is 37.7 Å². The monoisotopic (exact) mass is 309 g/mol. The molecule has 4 heteroatoms. The van der Waals surface area contributed by atoms with Crippen LogP contribution in [0.5, 0.6) is 11.5 Å². The maximum Gasteiger partial charge on any atom is 0.161 e. The van der Waals surface area contributed by atoms with E-state index in [2.05, 4.69) is 23.7 Å². The van der Waals surface area contributed by atoms with Gasteiger partial charge in [0.05, 0.1) is 14.2 Å². The topological polar surface area (TPSA) is 30.5 Å². The van der Waals surface area contributed by atoms with Crippen LogP contribution < -0.4 is 14.8 Å². The lowest BCUT2D eigenvalue weighted by atomic mass is 10.0. The maximum atomic E-state index is 5.40. The van der Waals surface area contributed by atoms with Gasteiger partial charge in [0, 0.05) is 11.4 Å². The van der Waals surface area contributed by atoms with E-state index in [0.717, 1.165) is 30.5 Å². The lowest BCUT2D eigenvalue weighted by Gasteiger charge is -2.15. The van der Waals surface area contributed by atoms with Crippen molar-refractivity contribution >= 4 is 11.8 Å². The summed E-state index contributed by atoms with van der Waals surface area (Å²) in [7, 11) is 3.37. The number of benzene rings is 1. The molecule has 1 aromatic carbocycles. The summed E-state index contributed by atoms with van der Waals surface area (Å²) in [5.74, 6) is 2.56. The van der Waals surface area contributed by atoms with Crippen molar-refractivity contribution in [3.8, 4) is 11.5 Å². The summed E-state index contributed by atoms with van der Waals surface area (Å²) in [4.78, 5) is 1.25. The van der Waals surface area contributed by atoms with Crippen LogP contribution in [-0.4, -0.2) is 27.0 Å². The first-order valence-electron chi connectivity index (χ1n) is 7.78. The molecule has 0 spiro atoms. The van der Waals surface area contributed by atoms with Gasteiger partial charge >= 0.3 is 0 Å². The van der Waals surface area contributed by atoms with Gasteiger partial charge in [-0.05, 0) is 42.8 Å². The van der Waals surface area contributed by atoms with Crippen molar-refractivity contribution in [1.29, 1.82) is 0 Å². The molecule has 1 aliphatic carbocycles. The highest BCUT2D eigenvalue weighted by molar-refractivity contribution is 7.98. The van der Waals surface area contributed by atoms with Gasteiger partial charge in [0.25, 0.3) is 0 Å². The zero-order valence-corrected chi connectivity index (χ0v) is 14.2. The fourth-order valence-corrected chi connectivity index (χ4v) is 3.68. The van der Waals surface area contributed by atoms with Gasteiger partial charge in [-0.15, -0.1) is 11.8 Å². The van der Waals surface area contributed by atoms with Crippen LogP contribution in [0.4, 0.5) is 0 Å². The molecule has 118 valence electrons. The molecule has 0 heterocycles. The first kappa shape index (κ1) is 16.5. The average Bonchev–Trinajstić information content (AvgIpc) is 3.04. The van der Waals surface area contributed by atoms with Gasteiger partial charge in [0.15, 0.2) is 11.5 Å². The highest BCUT2D eigenvalue weighted by atomic mass is 32.2. The molecular formula is C17H27NO2S. The second kappa shape index (κ2) is 8.54. The quantitative estimate of drug-likeness (QED) is 0.578. The largest absolute Gasteiger partial charge is 0.493 e. The zero-order valence-electron chi connectivity index (χ0n) is 13.4. The Balaban J connectivity index is 1.91. The third kappa shape index (κ3) is 4.55. The Morgan fingerprint density at radius 3 is 2.43 bits per heavy atom. The lowest BCUT2D eigenvalue weighted by molar-refractivity contribution is 0.353. The molecule has 2 rings (SSSR count). The van der Waals surface area contributed by atoms with Crippen LogP contribution in [-0.2, 0) is 6.54 Å². The number of nitrogens with one attached hydrogen (secondary N) is 1. The minimum absolute atomic E-state index is 0.802. The number of ether oxygens (including phenoxy) is 2. The SMILES string of the molecule is COc1cc(CNCCC2CCCC2)c(SC)cc1OC. The number of rotatable bonds is 8. The van der Waals surface area contributed by atoms with E-state index in [9.17, 15) is 0 Å². The van der Waals surface area contributed by atoms with E-state index in [1.165, 1.54) is 42.6 Å². The number of hydrogen-bond donors (Lipinski definition) is 1. The molecule has 0 bridgehead atoms. The predicted molar refractivity (Wildman–Crippen MR) is 89.6 cm³/mol. The molecular weight excluding hydrogens is 282 g/mol. The second-order valence-corrected chi connectivity index (χ2v) is 6.48. The van der Waals surface area contributed by atoms with Crippen molar-refractivity contribution in [2.24, 2.45) is 5.92 Å². The van der Waals surface area contributed by atoms with Gasteiger partial charge in [-0.25, -0.2) is 0 Å². The molecule has 1 saturated carbocycles. The van der Waals surface area contributed by atoms with Crippen molar-refractivity contribution in [2.45, 2.75) is 43.5 Å². The Bertz CT molecular complexity index is 445. The number of thioether (sulfide) groups is 1. The summed E-state index contributed by atoms with van der Waals surface area (Å²) in [6.45, 7) is 2.00. The molecule has 21 heavy (non-hydrogen) atoms. The van der Waals surface area contributed by atoms with E-state index in [-0.39, 0.29) is 0 Å². The third-order valence-corrected chi connectivity index (χ3v) is 5.13. The minimum Gasteiger partial charge on any atom is -0.493 e. The summed E-state index contributed by atoms with van der Waals surface area (Å²) in [6.07, 6.45) is 9.11. The highest BCUT2D eigenvalue weighted by Crippen LogP contribution is 2.34. The Morgan fingerprint density at radius 2 is 1.81 bits per heavy atom. The molecule has 0 aliphatic heterocycles. The van der Waals surface area contributed by atoms with Gasteiger partial charge in [-0.3, -0.25) is 0 Å². The van der Waals surface area contributed by atoms with E-state index in [0.29, 0.717) is 0 Å². The molecule has 0 amide bonds. The molecule has 1 fully saturated rings. The fraction of sp³-hybridized carbons (Fsp3) is 0.647. The van der Waals surface area contributed by atoms with Gasteiger partial charge in [0.2, 0.25) is 0 Å². The zero-order chi connectivity index (χ0) is 15.1. The first-order chi connectivity index (χ1) is 10.3. The molecule has 0 saturated heterocycles. The van der Waals surface area contributed by atoms with E-state index in [1.54, 1.807) is 26.0 Å². The molecule has 0 atom stereocenters. The maximum absolute atomic E-state index is 5.40. The molecule has 3 nitrogen and oxygen atoms in total. The summed E-state index contributed by atoms with van der Waals surface area (Å²) < 4.78 is 10.8. The van der Waals surface area contributed by atoms with E-state index < -0.39 is 0 Å². The number of hydrogen-bond acceptors (Lipinski definition) is 4. The van der Waals surface area contributed by atoms with Crippen LogP contribution in [0.3, 0.4) is 0 Å². The van der Waals surface area contributed by atoms with Crippen LogP contribution in [0, 0.1) is 5.92 Å². The van der Waals surface area contributed by atoms with Crippen LogP contribution in [0.2, 0.25) is 0 Å². The first-order valence-corrected chi connectivity index (χ1v) is 9.00. The molecule has 1 N–H and O–H groups in total. The summed E-state index contributed by atoms with van der Waals surface area (Å²) in [6, 6.07) is 4.16. The molecule has 0 aromatic heterocycles. The Labute approximate surface area is 132 Å². The Kier molecular flexibility index (Phi) is 6.71. The van der Waals surface area contributed by atoms with Gasteiger partial charge < -0.3 is 14.8 Å². The van der Waals surface area contributed by atoms with Crippen molar-refractivity contribution in [1.82, 2.24) is 5.32 Å². The molecule has 0 unspecified atom stereocenters. The Morgan fingerprint density at radius 1 is 1.14 bits per heavy atom. The van der Waals surface area contributed by atoms with Crippen molar-refractivity contribution in [2.75, 3.05) is 27.0 Å². The van der Waals surface area contributed by atoms with E-state index in [4.69, 9.17) is 9.47 Å². The highest BCUT2D eigenvalue weighted by Gasteiger charge is 2.14. The van der Waals surface area contributed by atoms with E-state index >= 15 is 0 Å². The van der Waals surface area contributed by atoms with Crippen molar-refractivity contribution in [3.05, 3.63) is 17.7 Å². The second-order valence-electron chi connectivity index (χ2n) is 5.63. The molecule has 0 radical (unpaired) electrons. The van der Waals surface area contributed by atoms with Gasteiger partial charge in [-0.1, -0.05) is 25.7 Å². The fourth-order valence-electron chi connectivity index (χ4n) is 3.06.